The summed E-state index contributed by atoms with van der Waals surface area (Å²) < 4.78 is 2.34. The molecule has 0 spiro atoms. The Balaban J connectivity index is 1.84. The predicted molar refractivity (Wildman–Crippen MR) is 102 cm³/mol. The van der Waals surface area contributed by atoms with Gasteiger partial charge in [-0.15, -0.1) is 0 Å². The van der Waals surface area contributed by atoms with Crippen molar-refractivity contribution in [3.05, 3.63) is 72.1 Å². The Labute approximate surface area is 142 Å². The molecule has 3 heteroatoms. The highest BCUT2D eigenvalue weighted by Gasteiger charge is 2.19. The molecule has 2 aromatic carbocycles. The fourth-order valence-electron chi connectivity index (χ4n) is 3.71. The lowest BCUT2D eigenvalue weighted by Gasteiger charge is -2.19. The summed E-state index contributed by atoms with van der Waals surface area (Å²) in [5, 5.41) is 5.90. The molecule has 0 radical (unpaired) electrons. The normalized spacial score (nSPS) is 12.9. The van der Waals surface area contributed by atoms with Crippen LogP contribution in [0.25, 0.3) is 21.8 Å². The van der Waals surface area contributed by atoms with Crippen molar-refractivity contribution in [2.24, 2.45) is 7.05 Å². The number of H-pyrrole nitrogens is 1. The average Bonchev–Trinajstić information content (AvgIpc) is 3.20. The molecule has 0 saturated heterocycles. The zero-order valence-electron chi connectivity index (χ0n) is 14.2. The molecule has 2 N–H and O–H groups in total. The lowest BCUT2D eigenvalue weighted by molar-refractivity contribution is 0.632. The van der Waals surface area contributed by atoms with E-state index in [0.29, 0.717) is 5.92 Å². The van der Waals surface area contributed by atoms with Crippen LogP contribution in [-0.2, 0) is 7.05 Å². The van der Waals surface area contributed by atoms with Gasteiger partial charge in [-0.1, -0.05) is 24.3 Å². The average molecular weight is 317 g/mol. The van der Waals surface area contributed by atoms with Crippen LogP contribution in [-0.4, -0.2) is 23.1 Å². The number of aromatic amines is 1. The molecule has 0 aliphatic rings. The van der Waals surface area contributed by atoms with E-state index in [1.54, 1.807) is 0 Å². The fourth-order valence-corrected chi connectivity index (χ4v) is 3.71. The van der Waals surface area contributed by atoms with Crippen LogP contribution in [0.3, 0.4) is 0 Å². The zero-order chi connectivity index (χ0) is 16.5. The Morgan fingerprint density at radius 3 is 2.75 bits per heavy atom. The van der Waals surface area contributed by atoms with Gasteiger partial charge < -0.3 is 14.9 Å². The Morgan fingerprint density at radius 2 is 1.92 bits per heavy atom. The van der Waals surface area contributed by atoms with Gasteiger partial charge in [0.1, 0.15) is 0 Å². The van der Waals surface area contributed by atoms with E-state index in [1.165, 1.54) is 33.1 Å². The quantitative estimate of drug-likeness (QED) is 0.562. The first-order chi connectivity index (χ1) is 11.8. The van der Waals surface area contributed by atoms with Crippen LogP contribution in [0.4, 0.5) is 0 Å². The third-order valence-corrected chi connectivity index (χ3v) is 5.01. The first-order valence-corrected chi connectivity index (χ1v) is 8.54. The molecule has 0 bridgehead atoms. The topological polar surface area (TPSA) is 32.8 Å². The molecule has 1 atom stereocenters. The van der Waals surface area contributed by atoms with Gasteiger partial charge in [0.25, 0.3) is 0 Å². The van der Waals surface area contributed by atoms with Crippen LogP contribution in [0.1, 0.15) is 23.6 Å². The smallest absolute Gasteiger partial charge is 0.0480 e. The SMILES string of the molecule is CNCCC(c1ccc2[nH]ccc2c1)c1cc2ccccc2n1C. The molecule has 3 nitrogen and oxygen atoms in total. The van der Waals surface area contributed by atoms with E-state index in [9.17, 15) is 0 Å². The highest BCUT2D eigenvalue weighted by molar-refractivity contribution is 5.82. The second-order valence-electron chi connectivity index (χ2n) is 6.46. The summed E-state index contributed by atoms with van der Waals surface area (Å²) in [6, 6.07) is 19.9. The molecule has 2 aromatic heterocycles. The van der Waals surface area contributed by atoms with Crippen molar-refractivity contribution in [1.29, 1.82) is 0 Å². The monoisotopic (exact) mass is 317 g/mol. The molecule has 122 valence electrons. The third-order valence-electron chi connectivity index (χ3n) is 5.01. The standard InChI is InChI=1S/C21H23N3/c1-22-11-10-18(15-7-8-19-16(13-15)9-12-23-19)21-14-17-5-3-4-6-20(17)24(21)2/h3-9,12-14,18,22-23H,10-11H2,1-2H3. The molecular weight excluding hydrogens is 294 g/mol. The summed E-state index contributed by atoms with van der Waals surface area (Å²) >= 11 is 0. The minimum atomic E-state index is 0.383. The van der Waals surface area contributed by atoms with Gasteiger partial charge in [0.05, 0.1) is 0 Å². The van der Waals surface area contributed by atoms with Crippen molar-refractivity contribution in [2.45, 2.75) is 12.3 Å². The predicted octanol–water partition coefficient (Wildman–Crippen LogP) is 4.40. The maximum atomic E-state index is 3.31. The van der Waals surface area contributed by atoms with Crippen molar-refractivity contribution < 1.29 is 0 Å². The van der Waals surface area contributed by atoms with Gasteiger partial charge in [-0.05, 0) is 66.7 Å². The zero-order valence-corrected chi connectivity index (χ0v) is 14.2. The van der Waals surface area contributed by atoms with E-state index in [1.807, 2.05) is 13.2 Å². The maximum Gasteiger partial charge on any atom is 0.0480 e. The second-order valence-corrected chi connectivity index (χ2v) is 6.46. The van der Waals surface area contributed by atoms with Gasteiger partial charge in [-0.2, -0.15) is 0 Å². The summed E-state index contributed by atoms with van der Waals surface area (Å²) in [4.78, 5) is 3.28. The molecule has 2 heterocycles. The van der Waals surface area contributed by atoms with Crippen LogP contribution < -0.4 is 5.32 Å². The minimum Gasteiger partial charge on any atom is -0.361 e. The van der Waals surface area contributed by atoms with E-state index in [-0.39, 0.29) is 0 Å². The lowest BCUT2D eigenvalue weighted by atomic mass is 9.91. The van der Waals surface area contributed by atoms with Gasteiger partial charge in [0, 0.05) is 35.9 Å². The molecule has 0 saturated carbocycles. The number of nitrogens with one attached hydrogen (secondary N) is 2. The molecule has 4 aromatic rings. The summed E-state index contributed by atoms with van der Waals surface area (Å²) in [7, 11) is 4.20. The van der Waals surface area contributed by atoms with E-state index in [0.717, 1.165) is 13.0 Å². The minimum absolute atomic E-state index is 0.383. The Hall–Kier alpha value is -2.52. The summed E-state index contributed by atoms with van der Waals surface area (Å²) in [6.07, 6.45) is 3.09. The van der Waals surface area contributed by atoms with E-state index < -0.39 is 0 Å². The van der Waals surface area contributed by atoms with Gasteiger partial charge in [-0.3, -0.25) is 0 Å². The number of aromatic nitrogens is 2. The van der Waals surface area contributed by atoms with Gasteiger partial charge in [0.2, 0.25) is 0 Å². The van der Waals surface area contributed by atoms with E-state index in [4.69, 9.17) is 0 Å². The van der Waals surface area contributed by atoms with Crippen molar-refractivity contribution in [2.75, 3.05) is 13.6 Å². The molecule has 0 amide bonds. The fraction of sp³-hybridized carbons (Fsp3) is 0.238. The Bertz CT molecular complexity index is 977. The number of benzene rings is 2. The molecular formula is C21H23N3. The molecule has 24 heavy (non-hydrogen) atoms. The van der Waals surface area contributed by atoms with Gasteiger partial charge in [0.15, 0.2) is 0 Å². The molecule has 0 aliphatic carbocycles. The van der Waals surface area contributed by atoms with Crippen LogP contribution in [0, 0.1) is 0 Å². The van der Waals surface area contributed by atoms with Gasteiger partial charge in [-0.25, -0.2) is 0 Å². The van der Waals surface area contributed by atoms with Crippen LogP contribution in [0.2, 0.25) is 0 Å². The van der Waals surface area contributed by atoms with Gasteiger partial charge >= 0.3 is 0 Å². The lowest BCUT2D eigenvalue weighted by Crippen LogP contribution is -2.15. The van der Waals surface area contributed by atoms with Crippen molar-refractivity contribution in [3.63, 3.8) is 0 Å². The molecule has 0 aliphatic heterocycles. The largest absolute Gasteiger partial charge is 0.361 e. The molecule has 4 rings (SSSR count). The van der Waals surface area contributed by atoms with Crippen LogP contribution in [0.15, 0.2) is 60.8 Å². The highest BCUT2D eigenvalue weighted by atomic mass is 15.0. The number of rotatable bonds is 5. The summed E-state index contributed by atoms with van der Waals surface area (Å²) in [6.45, 7) is 0.997. The third kappa shape index (κ3) is 2.51. The Morgan fingerprint density at radius 1 is 1.04 bits per heavy atom. The highest BCUT2D eigenvalue weighted by Crippen LogP contribution is 2.33. The number of fused-ring (bicyclic) bond motifs is 2. The maximum absolute atomic E-state index is 3.31. The first kappa shape index (κ1) is 15.0. The molecule has 0 fully saturated rings. The number of nitrogens with zero attached hydrogens (tertiary/aromatic N) is 1. The van der Waals surface area contributed by atoms with Crippen LogP contribution >= 0.6 is 0 Å². The van der Waals surface area contributed by atoms with Crippen molar-refractivity contribution in [1.82, 2.24) is 14.9 Å². The van der Waals surface area contributed by atoms with E-state index >= 15 is 0 Å². The first-order valence-electron chi connectivity index (χ1n) is 8.54. The second kappa shape index (κ2) is 6.17. The number of aryl methyl sites for hydroxylation is 1. The van der Waals surface area contributed by atoms with Crippen LogP contribution in [0.5, 0.6) is 0 Å². The number of hydrogen-bond donors (Lipinski definition) is 2. The number of para-hydroxylation sites is 1. The summed E-state index contributed by atoms with van der Waals surface area (Å²) in [5.74, 6) is 0.383. The van der Waals surface area contributed by atoms with Crippen molar-refractivity contribution in [3.8, 4) is 0 Å². The number of hydrogen-bond acceptors (Lipinski definition) is 1. The van der Waals surface area contributed by atoms with E-state index in [2.05, 4.69) is 76.5 Å². The van der Waals surface area contributed by atoms with Crippen molar-refractivity contribution >= 4 is 21.8 Å². The molecule has 1 unspecified atom stereocenters. The Kier molecular flexibility index (Phi) is 3.87. The summed E-state index contributed by atoms with van der Waals surface area (Å²) in [5.41, 5.74) is 5.25.